The maximum Gasteiger partial charge on any atom is 0.211 e. The van der Waals surface area contributed by atoms with E-state index in [1.165, 1.54) is 11.6 Å². The van der Waals surface area contributed by atoms with E-state index in [2.05, 4.69) is 31.4 Å². The Morgan fingerprint density at radius 1 is 1.16 bits per heavy atom. The summed E-state index contributed by atoms with van der Waals surface area (Å²) in [6.07, 6.45) is 8.88. The van der Waals surface area contributed by atoms with Crippen molar-refractivity contribution >= 4 is 23.7 Å². The average Bonchev–Trinajstić information content (AvgIpc) is 3.66. The van der Waals surface area contributed by atoms with E-state index in [-0.39, 0.29) is 52.2 Å². The molecular formula is C44H58N2O10. The number of amides is 1. The van der Waals surface area contributed by atoms with E-state index >= 15 is 0 Å². The van der Waals surface area contributed by atoms with E-state index in [1.807, 2.05) is 37.3 Å². The van der Waals surface area contributed by atoms with Crippen LogP contribution in [0.25, 0.3) is 0 Å². The van der Waals surface area contributed by atoms with E-state index in [4.69, 9.17) is 14.2 Å². The molecular weight excluding hydrogens is 716 g/mol. The number of allylic oxidation sites excluding steroid dienone is 4. The number of aliphatic hydroxyl groups excluding tert-OH is 3. The first-order chi connectivity index (χ1) is 26.7. The van der Waals surface area contributed by atoms with Crippen LogP contribution in [0.3, 0.4) is 0 Å². The topological polar surface area (TPSA) is 184 Å². The van der Waals surface area contributed by atoms with Gasteiger partial charge in [-0.3, -0.25) is 14.4 Å². The van der Waals surface area contributed by atoms with E-state index in [0.717, 1.165) is 37.0 Å². The highest BCUT2D eigenvalue weighted by Crippen LogP contribution is 2.69. The number of phenolic OH excluding ortho intramolecular Hbond substituents is 1. The van der Waals surface area contributed by atoms with E-state index in [0.29, 0.717) is 37.8 Å². The minimum Gasteiger partial charge on any atom is -0.506 e. The number of hydrogen-bond acceptors (Lipinski definition) is 11. The minimum atomic E-state index is -1.20. The Balaban J connectivity index is 0.000000195. The molecule has 12 heteroatoms. The molecule has 304 valence electrons. The lowest BCUT2D eigenvalue weighted by Crippen LogP contribution is -2.63. The molecule has 11 unspecified atom stereocenters. The van der Waals surface area contributed by atoms with E-state index < -0.39 is 42.2 Å². The molecule has 0 radical (unpaired) electrons. The van der Waals surface area contributed by atoms with Gasteiger partial charge < -0.3 is 45.3 Å². The van der Waals surface area contributed by atoms with Gasteiger partial charge in [0.05, 0.1) is 31.1 Å². The Hall–Kier alpha value is -3.91. The molecule has 2 aromatic rings. The van der Waals surface area contributed by atoms with Gasteiger partial charge in [-0.2, -0.15) is 0 Å². The number of rotatable bonds is 13. The molecule has 3 saturated carbocycles. The van der Waals surface area contributed by atoms with Crippen LogP contribution in [-0.4, -0.2) is 88.8 Å². The lowest BCUT2D eigenvalue weighted by molar-refractivity contribution is -0.200. The average molecular weight is 775 g/mol. The van der Waals surface area contributed by atoms with Crippen molar-refractivity contribution in [3.05, 3.63) is 77.4 Å². The molecule has 1 amide bonds. The third-order valence-corrected chi connectivity index (χ3v) is 13.4. The van der Waals surface area contributed by atoms with Gasteiger partial charge in [0.15, 0.2) is 23.5 Å². The van der Waals surface area contributed by atoms with Crippen LogP contribution in [-0.2, 0) is 30.3 Å². The summed E-state index contributed by atoms with van der Waals surface area (Å²) < 4.78 is 17.8. The number of Topliss-reactive ketones (excluding diaryl/α,β-unsaturated/α-hetero) is 1. The summed E-state index contributed by atoms with van der Waals surface area (Å²) in [6.45, 7) is 8.09. The van der Waals surface area contributed by atoms with Crippen LogP contribution in [0, 0.1) is 28.6 Å². The number of aromatic hydroxyl groups is 1. The van der Waals surface area contributed by atoms with Gasteiger partial charge in [-0.25, -0.2) is 0 Å². The highest BCUT2D eigenvalue weighted by atomic mass is 16.7. The summed E-state index contributed by atoms with van der Waals surface area (Å²) in [6, 6.07) is 12.7. The molecule has 12 nitrogen and oxygen atoms in total. The predicted octanol–water partition coefficient (Wildman–Crippen LogP) is 4.94. The standard InChI is InChI=1S/C25H34O6.C19H24N2O4/c1-4-5-21-30-20-11-17-16-7-6-14-10-15(27)8-9-23(14,2)22(16)18(28)12-24(17,3)25(20,31-21)19(29)13-26;1-13(9-14-3-6-16(25-2)7-4-14)20-11-19(24)15-5-8-18(23)17(10-15)21-12-22/h8-10,16-18,20-22,26,28H,4-7,11-13H2,1-3H3;3-8,10,12-13,19-20,23-24H,9,11H2,1-2H3,(H,21,22). The monoisotopic (exact) mass is 774 g/mol. The number of phenols is 1. The zero-order valence-electron chi connectivity index (χ0n) is 33.1. The largest absolute Gasteiger partial charge is 0.506 e. The number of hydrogen-bond donors (Lipinski definition) is 6. The number of methoxy groups -OCH3 is 1. The van der Waals surface area contributed by atoms with Crippen molar-refractivity contribution in [2.45, 2.75) is 109 Å². The number of fused-ring (bicyclic) bond motifs is 7. The van der Waals surface area contributed by atoms with Crippen molar-refractivity contribution in [1.82, 2.24) is 5.32 Å². The zero-order valence-corrected chi connectivity index (χ0v) is 33.1. The maximum atomic E-state index is 13.2. The minimum absolute atomic E-state index is 0.0125. The number of ether oxygens (including phenoxy) is 3. The number of aliphatic hydroxyl groups is 3. The van der Waals surface area contributed by atoms with Crippen LogP contribution < -0.4 is 15.4 Å². The fourth-order valence-electron chi connectivity index (χ4n) is 10.7. The Morgan fingerprint density at radius 3 is 2.59 bits per heavy atom. The van der Waals surface area contributed by atoms with Gasteiger partial charge in [-0.05, 0) is 105 Å². The van der Waals surface area contributed by atoms with Gasteiger partial charge in [0, 0.05) is 29.3 Å². The van der Waals surface area contributed by atoms with E-state index in [1.54, 1.807) is 31.4 Å². The van der Waals surface area contributed by atoms with Crippen molar-refractivity contribution in [2.75, 3.05) is 25.6 Å². The number of carbonyl (C=O) groups excluding carboxylic acids is 3. The molecule has 11 atom stereocenters. The second-order valence-corrected chi connectivity index (χ2v) is 16.6. The SMILES string of the molecule is CCCC1OC2CC3C4CCC5=CC(=O)C=CC5(C)C4C(O)CC3(C)C2(C(=O)CO)O1.COc1ccc(CC(C)NCC(O)c2ccc(O)c(NC=O)c2)cc1. The second kappa shape index (κ2) is 16.9. The molecule has 1 heterocycles. The molecule has 7 rings (SSSR count). The molecule has 2 aromatic carbocycles. The summed E-state index contributed by atoms with van der Waals surface area (Å²) in [7, 11) is 1.64. The first kappa shape index (κ1) is 41.7. The Morgan fingerprint density at radius 2 is 1.91 bits per heavy atom. The van der Waals surface area contributed by atoms with Gasteiger partial charge in [-0.1, -0.05) is 57.0 Å². The highest BCUT2D eigenvalue weighted by Gasteiger charge is 2.75. The first-order valence-corrected chi connectivity index (χ1v) is 19.9. The number of benzene rings is 2. The number of carbonyl (C=O) groups is 3. The van der Waals surface area contributed by atoms with Gasteiger partial charge in [-0.15, -0.1) is 0 Å². The lowest BCUT2D eigenvalue weighted by Gasteiger charge is -2.59. The first-order valence-electron chi connectivity index (χ1n) is 19.9. The Labute approximate surface area is 329 Å². The second-order valence-electron chi connectivity index (χ2n) is 16.6. The van der Waals surface area contributed by atoms with Crippen LogP contribution in [0.2, 0.25) is 0 Å². The molecule has 4 fully saturated rings. The van der Waals surface area contributed by atoms with Crippen LogP contribution in [0.1, 0.15) is 83.5 Å². The third-order valence-electron chi connectivity index (χ3n) is 13.4. The van der Waals surface area contributed by atoms with E-state index in [9.17, 15) is 34.8 Å². The third kappa shape index (κ3) is 7.59. The smallest absolute Gasteiger partial charge is 0.211 e. The van der Waals surface area contributed by atoms with Crippen molar-refractivity contribution in [3.8, 4) is 11.5 Å². The molecule has 5 aliphatic rings. The predicted molar refractivity (Wildman–Crippen MR) is 210 cm³/mol. The number of ketones is 2. The van der Waals surface area contributed by atoms with Crippen molar-refractivity contribution in [3.63, 3.8) is 0 Å². The summed E-state index contributed by atoms with van der Waals surface area (Å²) >= 11 is 0. The quantitative estimate of drug-likeness (QED) is 0.120. The molecule has 1 saturated heterocycles. The van der Waals surface area contributed by atoms with Crippen LogP contribution in [0.15, 0.2) is 66.3 Å². The number of nitrogens with one attached hydrogen (secondary N) is 2. The van der Waals surface area contributed by atoms with Crippen LogP contribution >= 0.6 is 0 Å². The maximum absolute atomic E-state index is 13.2. The van der Waals surface area contributed by atoms with Gasteiger partial charge >= 0.3 is 0 Å². The highest BCUT2D eigenvalue weighted by molar-refractivity contribution is 6.01. The molecule has 6 N–H and O–H groups in total. The van der Waals surface area contributed by atoms with Gasteiger partial charge in [0.25, 0.3) is 0 Å². The molecule has 0 aromatic heterocycles. The van der Waals surface area contributed by atoms with Crippen LogP contribution in [0.5, 0.6) is 11.5 Å². The van der Waals surface area contributed by atoms with Gasteiger partial charge in [0.2, 0.25) is 6.41 Å². The summed E-state index contributed by atoms with van der Waals surface area (Å²) in [5.74, 6) is 0.815. The molecule has 0 spiro atoms. The molecule has 56 heavy (non-hydrogen) atoms. The van der Waals surface area contributed by atoms with Gasteiger partial charge in [0.1, 0.15) is 18.1 Å². The summed E-state index contributed by atoms with van der Waals surface area (Å²) in [5, 5.41) is 47.1. The van der Waals surface area contributed by atoms with Crippen molar-refractivity contribution in [1.29, 1.82) is 0 Å². The zero-order chi connectivity index (χ0) is 40.4. The lowest BCUT2D eigenvalue weighted by atomic mass is 9.46. The fourth-order valence-corrected chi connectivity index (χ4v) is 10.7. The van der Waals surface area contributed by atoms with Crippen molar-refractivity contribution in [2.24, 2.45) is 28.6 Å². The molecule has 0 bridgehead atoms. The van der Waals surface area contributed by atoms with Crippen LogP contribution in [0.4, 0.5) is 5.69 Å². The van der Waals surface area contributed by atoms with Crippen molar-refractivity contribution < 1.29 is 49.0 Å². The molecule has 1 aliphatic heterocycles. The molecule has 4 aliphatic carbocycles. The fraction of sp³-hybridized carbons (Fsp3) is 0.568. The number of anilines is 1. The Kier molecular flexibility index (Phi) is 12.6. The Bertz CT molecular complexity index is 1810. The summed E-state index contributed by atoms with van der Waals surface area (Å²) in [4.78, 5) is 35.7. The normalized spacial score (nSPS) is 33.7. The summed E-state index contributed by atoms with van der Waals surface area (Å²) in [5.41, 5.74) is 1.02.